The molecule has 3 nitrogen and oxygen atoms in total. The van der Waals surface area contributed by atoms with E-state index in [2.05, 4.69) is 10.5 Å². The van der Waals surface area contributed by atoms with Gasteiger partial charge in [-0.05, 0) is 36.6 Å². The quantitative estimate of drug-likeness (QED) is 0.670. The molecule has 0 aromatic heterocycles. The number of aryl methyl sites for hydroxylation is 1. The number of allylic oxidation sites excluding steroid dienone is 1. The van der Waals surface area contributed by atoms with Gasteiger partial charge in [0.25, 0.3) is 5.91 Å². The minimum absolute atomic E-state index is 0.197. The predicted octanol–water partition coefficient (Wildman–Crippen LogP) is 3.81. The van der Waals surface area contributed by atoms with Crippen LogP contribution in [0.1, 0.15) is 28.4 Å². The number of amides is 1. The molecule has 2 aromatic rings. The molecule has 2 rings (SSSR count). The van der Waals surface area contributed by atoms with E-state index in [1.165, 1.54) is 0 Å². The van der Waals surface area contributed by atoms with Crippen molar-refractivity contribution in [1.29, 1.82) is 0 Å². The Morgan fingerprint density at radius 2 is 1.71 bits per heavy atom. The molecule has 2 aromatic carbocycles. The number of hydrogen-bond donors (Lipinski definition) is 1. The molecular weight excluding hydrogens is 260 g/mol. The summed E-state index contributed by atoms with van der Waals surface area (Å²) in [6.45, 7) is 3.84. The second-order valence-electron chi connectivity index (χ2n) is 4.81. The molecule has 0 radical (unpaired) electrons. The van der Waals surface area contributed by atoms with Crippen molar-refractivity contribution >= 4 is 18.2 Å². The van der Waals surface area contributed by atoms with Gasteiger partial charge >= 0.3 is 0 Å². The molecule has 0 heterocycles. The minimum atomic E-state index is -0.197. The third-order valence-corrected chi connectivity index (χ3v) is 3.02. The maximum atomic E-state index is 12.0. The Hall–Kier alpha value is -2.68. The van der Waals surface area contributed by atoms with E-state index in [0.717, 1.165) is 16.7 Å². The lowest BCUT2D eigenvalue weighted by molar-refractivity contribution is 0.0954. The van der Waals surface area contributed by atoms with E-state index < -0.39 is 0 Å². The Morgan fingerprint density at radius 3 is 2.43 bits per heavy atom. The lowest BCUT2D eigenvalue weighted by atomic mass is 10.1. The Balaban J connectivity index is 1.98. The highest BCUT2D eigenvalue weighted by atomic mass is 16.2. The first-order valence-corrected chi connectivity index (χ1v) is 6.79. The Kier molecular flexibility index (Phi) is 5.04. The van der Waals surface area contributed by atoms with Crippen LogP contribution in [0.4, 0.5) is 0 Å². The van der Waals surface area contributed by atoms with Gasteiger partial charge in [-0.1, -0.05) is 54.6 Å². The molecule has 0 saturated carbocycles. The van der Waals surface area contributed by atoms with E-state index in [1.54, 1.807) is 12.3 Å². The van der Waals surface area contributed by atoms with Crippen LogP contribution in [0.3, 0.4) is 0 Å². The van der Waals surface area contributed by atoms with Gasteiger partial charge in [-0.2, -0.15) is 5.10 Å². The molecule has 0 spiro atoms. The van der Waals surface area contributed by atoms with Gasteiger partial charge in [0.2, 0.25) is 0 Å². The predicted molar refractivity (Wildman–Crippen MR) is 87.2 cm³/mol. The van der Waals surface area contributed by atoms with Crippen LogP contribution in [0.15, 0.2) is 65.3 Å². The molecule has 0 aliphatic carbocycles. The highest BCUT2D eigenvalue weighted by molar-refractivity contribution is 5.96. The van der Waals surface area contributed by atoms with Crippen LogP contribution in [-0.2, 0) is 0 Å². The summed E-state index contributed by atoms with van der Waals surface area (Å²) in [5.74, 6) is -0.197. The Bertz CT molecular complexity index is 673. The van der Waals surface area contributed by atoms with Crippen LogP contribution in [0, 0.1) is 6.92 Å². The van der Waals surface area contributed by atoms with Crippen molar-refractivity contribution in [2.24, 2.45) is 5.10 Å². The minimum Gasteiger partial charge on any atom is -0.267 e. The zero-order valence-electron chi connectivity index (χ0n) is 12.2. The molecule has 0 aliphatic rings. The molecule has 0 bridgehead atoms. The fraction of sp³-hybridized carbons (Fsp3) is 0.111. The average Bonchev–Trinajstić information content (AvgIpc) is 2.48. The number of carbonyl (C=O) groups is 1. The molecule has 0 aliphatic heterocycles. The van der Waals surface area contributed by atoms with Crippen molar-refractivity contribution < 1.29 is 4.79 Å². The van der Waals surface area contributed by atoms with Gasteiger partial charge < -0.3 is 0 Å². The van der Waals surface area contributed by atoms with E-state index >= 15 is 0 Å². The van der Waals surface area contributed by atoms with Gasteiger partial charge in [0.1, 0.15) is 0 Å². The molecule has 0 fully saturated rings. The molecule has 21 heavy (non-hydrogen) atoms. The zero-order chi connectivity index (χ0) is 15.1. The summed E-state index contributed by atoms with van der Waals surface area (Å²) in [5, 5.41) is 3.99. The number of hydrogen-bond acceptors (Lipinski definition) is 2. The van der Waals surface area contributed by atoms with Crippen molar-refractivity contribution in [2.75, 3.05) is 0 Å². The van der Waals surface area contributed by atoms with Gasteiger partial charge in [-0.25, -0.2) is 5.43 Å². The van der Waals surface area contributed by atoms with Gasteiger partial charge in [0.05, 0.1) is 6.21 Å². The number of rotatable bonds is 4. The number of nitrogens with zero attached hydrogens (tertiary/aromatic N) is 1. The summed E-state index contributed by atoms with van der Waals surface area (Å²) < 4.78 is 0. The van der Waals surface area contributed by atoms with Crippen molar-refractivity contribution in [3.63, 3.8) is 0 Å². The summed E-state index contributed by atoms with van der Waals surface area (Å²) in [5.41, 5.74) is 6.18. The first-order chi connectivity index (χ1) is 10.2. The third-order valence-electron chi connectivity index (χ3n) is 3.02. The first-order valence-electron chi connectivity index (χ1n) is 6.79. The summed E-state index contributed by atoms with van der Waals surface area (Å²) in [6, 6.07) is 17.4. The fourth-order valence-electron chi connectivity index (χ4n) is 1.93. The lowest BCUT2D eigenvalue weighted by Crippen LogP contribution is -2.18. The maximum absolute atomic E-state index is 12.0. The van der Waals surface area contributed by atoms with Crippen molar-refractivity contribution in [2.45, 2.75) is 13.8 Å². The SMILES string of the molecule is CC(/C=N\NC(=O)c1ccccc1C)=C/c1ccccc1. The van der Waals surface area contributed by atoms with Gasteiger partial charge in [-0.15, -0.1) is 0 Å². The summed E-state index contributed by atoms with van der Waals surface area (Å²) >= 11 is 0. The number of hydrazone groups is 1. The van der Waals surface area contributed by atoms with Crippen molar-refractivity contribution in [3.8, 4) is 0 Å². The standard InChI is InChI=1S/C18H18N2O/c1-14(12-16-9-4-3-5-10-16)13-19-20-18(21)17-11-7-6-8-15(17)2/h3-13H,1-2H3,(H,20,21)/b14-12-,19-13-. The summed E-state index contributed by atoms with van der Waals surface area (Å²) in [6.07, 6.45) is 3.65. The molecule has 3 heteroatoms. The molecule has 0 saturated heterocycles. The molecular formula is C18H18N2O. The Morgan fingerprint density at radius 1 is 1.05 bits per heavy atom. The largest absolute Gasteiger partial charge is 0.271 e. The number of nitrogens with one attached hydrogen (secondary N) is 1. The molecule has 0 unspecified atom stereocenters. The lowest BCUT2D eigenvalue weighted by Gasteiger charge is -2.03. The zero-order valence-corrected chi connectivity index (χ0v) is 12.2. The van der Waals surface area contributed by atoms with Crippen molar-refractivity contribution in [1.82, 2.24) is 5.43 Å². The average molecular weight is 278 g/mol. The molecule has 1 N–H and O–H groups in total. The van der Waals surface area contributed by atoms with Crippen LogP contribution < -0.4 is 5.43 Å². The monoisotopic (exact) mass is 278 g/mol. The number of benzene rings is 2. The van der Waals surface area contributed by atoms with Crippen molar-refractivity contribution in [3.05, 3.63) is 76.9 Å². The third kappa shape index (κ3) is 4.42. The maximum Gasteiger partial charge on any atom is 0.271 e. The highest BCUT2D eigenvalue weighted by Gasteiger charge is 2.05. The fourth-order valence-corrected chi connectivity index (χ4v) is 1.93. The first kappa shape index (κ1) is 14.7. The highest BCUT2D eigenvalue weighted by Crippen LogP contribution is 2.07. The van der Waals surface area contributed by atoms with E-state index in [4.69, 9.17) is 0 Å². The summed E-state index contributed by atoms with van der Waals surface area (Å²) in [4.78, 5) is 12.0. The van der Waals surface area contributed by atoms with E-state index in [0.29, 0.717) is 5.56 Å². The molecule has 106 valence electrons. The molecule has 1 amide bonds. The second kappa shape index (κ2) is 7.20. The van der Waals surface area contributed by atoms with Crippen LogP contribution in [0.25, 0.3) is 6.08 Å². The Labute approximate surface area is 125 Å². The van der Waals surface area contributed by atoms with Crippen LogP contribution in [0.5, 0.6) is 0 Å². The molecule has 0 atom stereocenters. The summed E-state index contributed by atoms with van der Waals surface area (Å²) in [7, 11) is 0. The van der Waals surface area contributed by atoms with E-state index in [-0.39, 0.29) is 5.91 Å². The van der Waals surface area contributed by atoms with E-state index in [1.807, 2.05) is 68.5 Å². The van der Waals surface area contributed by atoms with Crippen LogP contribution in [-0.4, -0.2) is 12.1 Å². The van der Waals surface area contributed by atoms with E-state index in [9.17, 15) is 4.79 Å². The number of carbonyl (C=O) groups excluding carboxylic acids is 1. The van der Waals surface area contributed by atoms with Gasteiger partial charge in [0, 0.05) is 5.56 Å². The topological polar surface area (TPSA) is 41.5 Å². The van der Waals surface area contributed by atoms with Crippen LogP contribution >= 0.6 is 0 Å². The second-order valence-corrected chi connectivity index (χ2v) is 4.81. The normalized spacial score (nSPS) is 11.6. The smallest absolute Gasteiger partial charge is 0.267 e. The van der Waals surface area contributed by atoms with Crippen LogP contribution in [0.2, 0.25) is 0 Å². The van der Waals surface area contributed by atoms with Gasteiger partial charge in [0.15, 0.2) is 0 Å². The van der Waals surface area contributed by atoms with Gasteiger partial charge in [-0.3, -0.25) is 4.79 Å².